The Morgan fingerprint density at radius 1 is 1.26 bits per heavy atom. The number of hydrogen-bond donors (Lipinski definition) is 0. The van der Waals surface area contributed by atoms with E-state index in [1.165, 1.54) is 5.56 Å². The molecule has 3 rings (SSSR count). The molecule has 1 aromatic heterocycles. The third-order valence-electron chi connectivity index (χ3n) is 4.69. The number of amides is 1. The molecule has 27 heavy (non-hydrogen) atoms. The van der Waals surface area contributed by atoms with Crippen LogP contribution >= 0.6 is 0 Å². The van der Waals surface area contributed by atoms with Crippen LogP contribution in [0.4, 0.5) is 5.82 Å². The van der Waals surface area contributed by atoms with Crippen LogP contribution in [-0.4, -0.2) is 62.3 Å². The molecule has 6 heteroatoms. The molecule has 1 saturated heterocycles. The van der Waals surface area contributed by atoms with Gasteiger partial charge in [0.25, 0.3) is 5.91 Å². The predicted molar refractivity (Wildman–Crippen MR) is 106 cm³/mol. The van der Waals surface area contributed by atoms with Crippen molar-refractivity contribution < 1.29 is 14.3 Å². The first-order chi connectivity index (χ1) is 13.1. The van der Waals surface area contributed by atoms with Crippen molar-refractivity contribution in [3.8, 4) is 5.75 Å². The number of aryl methyl sites for hydroxylation is 2. The molecule has 0 unspecified atom stereocenters. The lowest BCUT2D eigenvalue weighted by Gasteiger charge is -2.29. The maximum absolute atomic E-state index is 12.9. The Balaban J connectivity index is 1.62. The second-order valence-electron chi connectivity index (χ2n) is 6.82. The number of ether oxygens (including phenoxy) is 2. The van der Waals surface area contributed by atoms with Crippen LogP contribution in [-0.2, 0) is 4.74 Å². The van der Waals surface area contributed by atoms with Gasteiger partial charge >= 0.3 is 0 Å². The van der Waals surface area contributed by atoms with E-state index in [9.17, 15) is 4.79 Å². The fourth-order valence-electron chi connectivity index (χ4n) is 3.15. The minimum Gasteiger partial charge on any atom is -0.491 e. The van der Waals surface area contributed by atoms with E-state index >= 15 is 0 Å². The van der Waals surface area contributed by atoms with Gasteiger partial charge in [-0.2, -0.15) is 0 Å². The fourth-order valence-corrected chi connectivity index (χ4v) is 3.15. The van der Waals surface area contributed by atoms with Crippen LogP contribution < -0.4 is 9.64 Å². The van der Waals surface area contributed by atoms with Crippen LogP contribution in [0.15, 0.2) is 36.5 Å². The fraction of sp³-hybridized carbons (Fsp3) is 0.429. The maximum atomic E-state index is 12.9. The topological polar surface area (TPSA) is 54.9 Å². The van der Waals surface area contributed by atoms with Gasteiger partial charge < -0.3 is 19.3 Å². The largest absolute Gasteiger partial charge is 0.491 e. The standard InChI is InChI=1S/C21H27N3O3/c1-16-6-7-19(17(2)15-16)27-14-9-23(3)21(25)18-5-4-8-22-20(18)24-10-12-26-13-11-24/h4-8,15H,9-14H2,1-3H3. The van der Waals surface area contributed by atoms with E-state index in [0.29, 0.717) is 31.9 Å². The van der Waals surface area contributed by atoms with Crippen molar-refractivity contribution in [2.75, 3.05) is 51.4 Å². The van der Waals surface area contributed by atoms with Crippen LogP contribution in [0.5, 0.6) is 5.75 Å². The minimum atomic E-state index is -0.0474. The van der Waals surface area contributed by atoms with Gasteiger partial charge in [0.15, 0.2) is 0 Å². The normalized spacial score (nSPS) is 14.1. The lowest BCUT2D eigenvalue weighted by Crippen LogP contribution is -2.39. The Morgan fingerprint density at radius 2 is 2.04 bits per heavy atom. The smallest absolute Gasteiger partial charge is 0.257 e. The number of anilines is 1. The molecule has 0 spiro atoms. The van der Waals surface area contributed by atoms with Gasteiger partial charge in [-0.15, -0.1) is 0 Å². The van der Waals surface area contributed by atoms with E-state index in [0.717, 1.165) is 30.2 Å². The zero-order valence-corrected chi connectivity index (χ0v) is 16.3. The highest BCUT2D eigenvalue weighted by Crippen LogP contribution is 2.21. The van der Waals surface area contributed by atoms with Crippen LogP contribution in [0.1, 0.15) is 21.5 Å². The van der Waals surface area contributed by atoms with E-state index in [1.807, 2.05) is 25.1 Å². The van der Waals surface area contributed by atoms with Crippen LogP contribution in [0, 0.1) is 13.8 Å². The van der Waals surface area contributed by atoms with Crippen molar-refractivity contribution in [1.29, 1.82) is 0 Å². The molecule has 2 aromatic rings. The molecule has 0 bridgehead atoms. The second kappa shape index (κ2) is 8.86. The third-order valence-corrected chi connectivity index (χ3v) is 4.69. The molecule has 0 atom stereocenters. The minimum absolute atomic E-state index is 0.0474. The number of nitrogens with zero attached hydrogens (tertiary/aromatic N) is 3. The quantitative estimate of drug-likeness (QED) is 0.784. The highest BCUT2D eigenvalue weighted by Gasteiger charge is 2.22. The zero-order valence-electron chi connectivity index (χ0n) is 16.3. The molecule has 1 aromatic carbocycles. The molecule has 6 nitrogen and oxygen atoms in total. The molecule has 0 N–H and O–H groups in total. The van der Waals surface area contributed by atoms with E-state index in [1.54, 1.807) is 24.2 Å². The van der Waals surface area contributed by atoms with E-state index in [2.05, 4.69) is 22.9 Å². The summed E-state index contributed by atoms with van der Waals surface area (Å²) >= 11 is 0. The van der Waals surface area contributed by atoms with E-state index in [4.69, 9.17) is 9.47 Å². The van der Waals surface area contributed by atoms with Crippen molar-refractivity contribution >= 4 is 11.7 Å². The van der Waals surface area contributed by atoms with Gasteiger partial charge in [0, 0.05) is 26.3 Å². The van der Waals surface area contributed by atoms with Crippen LogP contribution in [0.3, 0.4) is 0 Å². The van der Waals surface area contributed by atoms with E-state index < -0.39 is 0 Å². The average molecular weight is 369 g/mol. The molecular weight excluding hydrogens is 342 g/mol. The summed E-state index contributed by atoms with van der Waals surface area (Å²) < 4.78 is 11.3. The molecule has 1 fully saturated rings. The lowest BCUT2D eigenvalue weighted by atomic mass is 10.1. The molecule has 1 aliphatic rings. The Labute approximate surface area is 160 Å². The van der Waals surface area contributed by atoms with Crippen molar-refractivity contribution in [3.05, 3.63) is 53.2 Å². The summed E-state index contributed by atoms with van der Waals surface area (Å²) in [6.45, 7) is 7.84. The number of likely N-dealkylation sites (N-methyl/N-ethyl adjacent to an activating group) is 1. The molecule has 1 amide bonds. The number of aromatic nitrogens is 1. The number of benzene rings is 1. The number of rotatable bonds is 6. The average Bonchev–Trinajstić information content (AvgIpc) is 2.69. The summed E-state index contributed by atoms with van der Waals surface area (Å²) in [6, 6.07) is 9.73. The predicted octanol–water partition coefficient (Wildman–Crippen LogP) is 2.69. The molecule has 144 valence electrons. The second-order valence-corrected chi connectivity index (χ2v) is 6.82. The first kappa shape index (κ1) is 19.2. The number of morpholine rings is 1. The summed E-state index contributed by atoms with van der Waals surface area (Å²) in [7, 11) is 1.80. The Bertz CT molecular complexity index is 788. The van der Waals surface area contributed by atoms with Crippen LogP contribution in [0.25, 0.3) is 0 Å². The van der Waals surface area contributed by atoms with Gasteiger partial charge in [0.05, 0.1) is 25.3 Å². The summed E-state index contributed by atoms with van der Waals surface area (Å²) in [5.74, 6) is 1.54. The van der Waals surface area contributed by atoms with Gasteiger partial charge in [0.2, 0.25) is 0 Å². The van der Waals surface area contributed by atoms with Crippen molar-refractivity contribution in [1.82, 2.24) is 9.88 Å². The highest BCUT2D eigenvalue weighted by molar-refractivity contribution is 5.98. The SMILES string of the molecule is Cc1ccc(OCCN(C)C(=O)c2cccnc2N2CCOCC2)c(C)c1. The molecule has 0 aliphatic carbocycles. The van der Waals surface area contributed by atoms with Crippen LogP contribution in [0.2, 0.25) is 0 Å². The van der Waals surface area contributed by atoms with Gasteiger partial charge in [-0.1, -0.05) is 17.7 Å². The number of carbonyl (C=O) groups is 1. The molecular formula is C21H27N3O3. The molecule has 0 radical (unpaired) electrons. The number of carbonyl (C=O) groups excluding carboxylic acids is 1. The van der Waals surface area contributed by atoms with Crippen molar-refractivity contribution in [2.45, 2.75) is 13.8 Å². The van der Waals surface area contributed by atoms with E-state index in [-0.39, 0.29) is 5.91 Å². The Hall–Kier alpha value is -2.60. The molecule has 2 heterocycles. The lowest BCUT2D eigenvalue weighted by molar-refractivity contribution is 0.0772. The van der Waals surface area contributed by atoms with Crippen molar-refractivity contribution in [3.63, 3.8) is 0 Å². The first-order valence-corrected chi connectivity index (χ1v) is 9.29. The first-order valence-electron chi connectivity index (χ1n) is 9.29. The maximum Gasteiger partial charge on any atom is 0.257 e. The van der Waals surface area contributed by atoms with Gasteiger partial charge in [-0.25, -0.2) is 4.98 Å². The number of pyridine rings is 1. The number of hydrogen-bond acceptors (Lipinski definition) is 5. The Kier molecular flexibility index (Phi) is 6.29. The Morgan fingerprint density at radius 3 is 2.78 bits per heavy atom. The summed E-state index contributed by atoms with van der Waals surface area (Å²) in [5, 5.41) is 0. The van der Waals surface area contributed by atoms with Gasteiger partial charge in [-0.05, 0) is 37.6 Å². The van der Waals surface area contributed by atoms with Gasteiger partial charge in [0.1, 0.15) is 18.2 Å². The summed E-state index contributed by atoms with van der Waals surface area (Å²) in [5.41, 5.74) is 2.93. The highest BCUT2D eigenvalue weighted by atomic mass is 16.5. The summed E-state index contributed by atoms with van der Waals surface area (Å²) in [6.07, 6.45) is 1.73. The monoisotopic (exact) mass is 369 g/mol. The summed E-state index contributed by atoms with van der Waals surface area (Å²) in [4.78, 5) is 21.2. The zero-order chi connectivity index (χ0) is 19.2. The van der Waals surface area contributed by atoms with Gasteiger partial charge in [-0.3, -0.25) is 4.79 Å². The van der Waals surface area contributed by atoms with Crippen molar-refractivity contribution in [2.24, 2.45) is 0 Å². The molecule has 1 aliphatic heterocycles. The third kappa shape index (κ3) is 4.77. The molecule has 0 saturated carbocycles.